The van der Waals surface area contributed by atoms with Crippen LogP contribution in [0.25, 0.3) is 10.9 Å². The van der Waals surface area contributed by atoms with Gasteiger partial charge in [-0.15, -0.1) is 0 Å². The minimum absolute atomic E-state index is 0.284. The molecular weight excluding hydrogens is 294 g/mol. The molecule has 0 fully saturated rings. The van der Waals surface area contributed by atoms with E-state index in [1.807, 2.05) is 13.0 Å². The zero-order valence-corrected chi connectivity index (χ0v) is 9.52. The highest BCUT2D eigenvalue weighted by atomic mass is 127. The van der Waals surface area contributed by atoms with Gasteiger partial charge in [-0.2, -0.15) is 5.26 Å². The van der Waals surface area contributed by atoms with E-state index in [1.54, 1.807) is 0 Å². The molecule has 1 aromatic heterocycles. The normalized spacial score (nSPS) is 10.4. The molecule has 2 aromatic rings. The Bertz CT molecular complexity index is 551. The van der Waals surface area contributed by atoms with Gasteiger partial charge in [0.15, 0.2) is 0 Å². The van der Waals surface area contributed by atoms with Crippen molar-refractivity contribution in [3.63, 3.8) is 0 Å². The number of fused-ring (bicyclic) bond motifs is 1. The van der Waals surface area contributed by atoms with E-state index in [1.165, 1.54) is 12.1 Å². The monoisotopic (exact) mass is 300 g/mol. The molecule has 0 aliphatic carbocycles. The van der Waals surface area contributed by atoms with Gasteiger partial charge in [-0.3, -0.25) is 0 Å². The lowest BCUT2D eigenvalue weighted by Crippen LogP contribution is -1.82. The highest BCUT2D eigenvalue weighted by Gasteiger charge is 2.13. The summed E-state index contributed by atoms with van der Waals surface area (Å²) in [5.41, 5.74) is 1.96. The van der Waals surface area contributed by atoms with E-state index in [0.717, 1.165) is 9.26 Å². The molecule has 70 valence electrons. The molecule has 1 heterocycles. The molecule has 0 aliphatic rings. The summed E-state index contributed by atoms with van der Waals surface area (Å²) in [4.78, 5) is 3.02. The Morgan fingerprint density at radius 2 is 2.21 bits per heavy atom. The molecular formula is C10H6FIN2. The van der Waals surface area contributed by atoms with Crippen molar-refractivity contribution < 1.29 is 4.39 Å². The Morgan fingerprint density at radius 3 is 2.86 bits per heavy atom. The molecule has 1 N–H and O–H groups in total. The van der Waals surface area contributed by atoms with Gasteiger partial charge >= 0.3 is 0 Å². The van der Waals surface area contributed by atoms with Gasteiger partial charge in [0, 0.05) is 9.26 Å². The van der Waals surface area contributed by atoms with Gasteiger partial charge in [0.2, 0.25) is 0 Å². The van der Waals surface area contributed by atoms with Crippen LogP contribution in [0, 0.1) is 27.6 Å². The summed E-state index contributed by atoms with van der Waals surface area (Å²) in [6.07, 6.45) is 0. The maximum absolute atomic E-state index is 13.4. The summed E-state index contributed by atoms with van der Waals surface area (Å²) in [6, 6.07) is 4.86. The van der Waals surface area contributed by atoms with E-state index in [-0.39, 0.29) is 5.82 Å². The lowest BCUT2D eigenvalue weighted by molar-refractivity contribution is 0.639. The largest absolute Gasteiger partial charge is 0.357 e. The number of halogens is 2. The van der Waals surface area contributed by atoms with Crippen LogP contribution in [-0.2, 0) is 0 Å². The number of nitrogens with one attached hydrogen (secondary N) is 1. The number of rotatable bonds is 0. The van der Waals surface area contributed by atoms with Crippen molar-refractivity contribution in [3.8, 4) is 6.07 Å². The van der Waals surface area contributed by atoms with Crippen molar-refractivity contribution >= 4 is 33.5 Å². The topological polar surface area (TPSA) is 39.6 Å². The minimum atomic E-state index is -0.284. The molecule has 0 spiro atoms. The lowest BCUT2D eigenvalue weighted by atomic mass is 10.1. The van der Waals surface area contributed by atoms with Crippen molar-refractivity contribution in [3.05, 3.63) is 32.8 Å². The van der Waals surface area contributed by atoms with Gasteiger partial charge in [0.05, 0.1) is 16.5 Å². The smallest absolute Gasteiger partial charge is 0.133 e. The van der Waals surface area contributed by atoms with Crippen molar-refractivity contribution in [1.82, 2.24) is 4.98 Å². The second-order valence-corrected chi connectivity index (χ2v) is 4.10. The molecule has 14 heavy (non-hydrogen) atoms. The Kier molecular flexibility index (Phi) is 2.19. The van der Waals surface area contributed by atoms with Crippen molar-refractivity contribution in [1.29, 1.82) is 5.26 Å². The zero-order chi connectivity index (χ0) is 10.3. The second-order valence-electron chi connectivity index (χ2n) is 3.02. The Morgan fingerprint density at radius 1 is 1.50 bits per heavy atom. The zero-order valence-electron chi connectivity index (χ0n) is 7.36. The van der Waals surface area contributed by atoms with Crippen LogP contribution in [0.5, 0.6) is 0 Å². The van der Waals surface area contributed by atoms with Crippen molar-refractivity contribution in [2.24, 2.45) is 0 Å². The van der Waals surface area contributed by atoms with Crippen LogP contribution in [0.1, 0.15) is 11.3 Å². The van der Waals surface area contributed by atoms with E-state index < -0.39 is 0 Å². The third-order valence-corrected chi connectivity index (χ3v) is 3.48. The van der Waals surface area contributed by atoms with Gasteiger partial charge in [0.25, 0.3) is 0 Å². The first-order chi connectivity index (χ1) is 6.65. The van der Waals surface area contributed by atoms with Crippen molar-refractivity contribution in [2.75, 3.05) is 0 Å². The van der Waals surface area contributed by atoms with Crippen molar-refractivity contribution in [2.45, 2.75) is 6.92 Å². The van der Waals surface area contributed by atoms with Crippen LogP contribution < -0.4 is 0 Å². The molecule has 0 aliphatic heterocycles. The van der Waals surface area contributed by atoms with Gasteiger partial charge in [-0.25, -0.2) is 4.39 Å². The maximum atomic E-state index is 13.4. The number of H-pyrrole nitrogens is 1. The van der Waals surface area contributed by atoms with E-state index in [2.05, 4.69) is 27.6 Å². The predicted octanol–water partition coefficient (Wildman–Crippen LogP) is 3.09. The summed E-state index contributed by atoms with van der Waals surface area (Å²) in [5.74, 6) is -0.284. The van der Waals surface area contributed by atoms with Gasteiger partial charge in [-0.05, 0) is 41.6 Å². The molecule has 2 nitrogen and oxygen atoms in total. The molecule has 4 heteroatoms. The second kappa shape index (κ2) is 3.24. The SMILES string of the molecule is Cc1[nH]c2c(C#N)ccc(F)c2c1I. The first-order valence-corrected chi connectivity index (χ1v) is 5.09. The third-order valence-electron chi connectivity index (χ3n) is 2.14. The molecule has 0 amide bonds. The average Bonchev–Trinajstić information content (AvgIpc) is 2.45. The van der Waals surface area contributed by atoms with E-state index in [4.69, 9.17) is 5.26 Å². The highest BCUT2D eigenvalue weighted by molar-refractivity contribution is 14.1. The molecule has 0 saturated carbocycles. The standard InChI is InChI=1S/C10H6FIN2/c1-5-9(12)8-7(11)3-2-6(4-13)10(8)14-5/h2-3,14H,1H3. The number of hydrogen-bond acceptors (Lipinski definition) is 1. The Labute approximate surface area is 93.9 Å². The molecule has 2 rings (SSSR count). The number of aromatic nitrogens is 1. The number of aryl methyl sites for hydroxylation is 1. The quantitative estimate of drug-likeness (QED) is 0.746. The molecule has 0 unspecified atom stereocenters. The first kappa shape index (κ1) is 9.46. The molecule has 0 radical (unpaired) electrons. The average molecular weight is 300 g/mol. The number of aromatic amines is 1. The Balaban J connectivity index is 3.00. The Hall–Kier alpha value is -1.09. The van der Waals surface area contributed by atoms with Crippen LogP contribution >= 0.6 is 22.6 Å². The van der Waals surface area contributed by atoms with Crippen LogP contribution in [0.15, 0.2) is 12.1 Å². The summed E-state index contributed by atoms with van der Waals surface area (Å²) in [6.45, 7) is 1.86. The van der Waals surface area contributed by atoms with Crippen LogP contribution in [-0.4, -0.2) is 4.98 Å². The number of nitriles is 1. The molecule has 0 bridgehead atoms. The van der Waals surface area contributed by atoms with E-state index in [9.17, 15) is 4.39 Å². The minimum Gasteiger partial charge on any atom is -0.357 e. The summed E-state index contributed by atoms with van der Waals surface area (Å²) in [5, 5.41) is 9.35. The lowest BCUT2D eigenvalue weighted by Gasteiger charge is -1.95. The fourth-order valence-electron chi connectivity index (χ4n) is 1.44. The van der Waals surface area contributed by atoms with E-state index in [0.29, 0.717) is 16.5 Å². The highest BCUT2D eigenvalue weighted by Crippen LogP contribution is 2.28. The number of hydrogen-bond donors (Lipinski definition) is 1. The molecule has 0 saturated heterocycles. The molecule has 0 atom stereocenters. The van der Waals surface area contributed by atoms with Gasteiger partial charge < -0.3 is 4.98 Å². The van der Waals surface area contributed by atoms with E-state index >= 15 is 0 Å². The van der Waals surface area contributed by atoms with Crippen LogP contribution in [0.3, 0.4) is 0 Å². The molecule has 1 aromatic carbocycles. The summed E-state index contributed by atoms with van der Waals surface area (Å²) in [7, 11) is 0. The maximum Gasteiger partial charge on any atom is 0.133 e. The summed E-state index contributed by atoms with van der Waals surface area (Å²) < 4.78 is 14.3. The third kappa shape index (κ3) is 1.20. The summed E-state index contributed by atoms with van der Waals surface area (Å²) >= 11 is 2.08. The fraction of sp³-hybridized carbons (Fsp3) is 0.100. The van der Waals surface area contributed by atoms with Gasteiger partial charge in [0.1, 0.15) is 11.9 Å². The number of nitrogens with zero attached hydrogens (tertiary/aromatic N) is 1. The van der Waals surface area contributed by atoms with Crippen LogP contribution in [0.4, 0.5) is 4.39 Å². The first-order valence-electron chi connectivity index (χ1n) is 4.01. The fourth-order valence-corrected chi connectivity index (χ4v) is 2.11. The van der Waals surface area contributed by atoms with Gasteiger partial charge in [-0.1, -0.05) is 0 Å². The number of benzene rings is 1. The van der Waals surface area contributed by atoms with Crippen LogP contribution in [0.2, 0.25) is 0 Å². The predicted molar refractivity (Wildman–Crippen MR) is 60.4 cm³/mol.